The third-order valence-electron chi connectivity index (χ3n) is 3.57. The molecule has 1 N–H and O–H groups in total. The molecule has 1 aromatic carbocycles. The first-order valence-electron chi connectivity index (χ1n) is 7.53. The fourth-order valence-corrected chi connectivity index (χ4v) is 2.22. The quantitative estimate of drug-likeness (QED) is 0.801. The van der Waals surface area contributed by atoms with E-state index in [1.807, 2.05) is 13.8 Å². The first kappa shape index (κ1) is 17.2. The molecule has 1 rings (SSSR count). The molecule has 1 aromatic rings. The van der Waals surface area contributed by atoms with Gasteiger partial charge in [0.05, 0.1) is 6.42 Å². The number of amides is 1. The van der Waals surface area contributed by atoms with Gasteiger partial charge in [-0.05, 0) is 37.8 Å². The maximum Gasteiger partial charge on any atom is 0.305 e. The van der Waals surface area contributed by atoms with Crippen molar-refractivity contribution in [1.29, 1.82) is 0 Å². The van der Waals surface area contributed by atoms with Crippen molar-refractivity contribution in [3.05, 3.63) is 35.4 Å². The predicted octanol–water partition coefficient (Wildman–Crippen LogP) is 2.89. The molecule has 0 aromatic heterocycles. The van der Waals surface area contributed by atoms with Crippen LogP contribution in [0.25, 0.3) is 0 Å². The van der Waals surface area contributed by atoms with E-state index in [9.17, 15) is 9.59 Å². The van der Waals surface area contributed by atoms with Crippen LogP contribution in [-0.4, -0.2) is 34.5 Å². The smallest absolute Gasteiger partial charge is 0.305 e. The Kier molecular flexibility index (Phi) is 6.92. The zero-order valence-electron chi connectivity index (χ0n) is 13.1. The summed E-state index contributed by atoms with van der Waals surface area (Å²) in [6.45, 7) is 6.22. The summed E-state index contributed by atoms with van der Waals surface area (Å²) < 4.78 is 0. The third-order valence-corrected chi connectivity index (χ3v) is 3.57. The molecular weight excluding hydrogens is 266 g/mol. The third kappa shape index (κ3) is 5.98. The van der Waals surface area contributed by atoms with Crippen LogP contribution >= 0.6 is 0 Å². The van der Waals surface area contributed by atoms with E-state index in [4.69, 9.17) is 5.11 Å². The van der Waals surface area contributed by atoms with Gasteiger partial charge in [-0.2, -0.15) is 0 Å². The maximum absolute atomic E-state index is 12.2. The summed E-state index contributed by atoms with van der Waals surface area (Å²) in [6.07, 6.45) is 2.12. The number of nitrogens with zero attached hydrogens (tertiary/aromatic N) is 1. The SMILES string of the molecule is CCc1ccc(CCC(=O)N(CCC(=O)O)C(C)C)cc1. The van der Waals surface area contributed by atoms with Gasteiger partial charge in [0.15, 0.2) is 0 Å². The molecule has 0 bridgehead atoms. The molecule has 0 fully saturated rings. The van der Waals surface area contributed by atoms with Crippen LogP contribution in [0.3, 0.4) is 0 Å². The van der Waals surface area contributed by atoms with Gasteiger partial charge in [0.1, 0.15) is 0 Å². The zero-order chi connectivity index (χ0) is 15.8. The lowest BCUT2D eigenvalue weighted by Gasteiger charge is -2.26. The van der Waals surface area contributed by atoms with E-state index < -0.39 is 5.97 Å². The number of aliphatic carboxylic acids is 1. The number of benzene rings is 1. The molecule has 0 aliphatic carbocycles. The summed E-state index contributed by atoms with van der Waals surface area (Å²) in [5, 5.41) is 8.75. The summed E-state index contributed by atoms with van der Waals surface area (Å²) in [6, 6.07) is 8.32. The van der Waals surface area contributed by atoms with E-state index in [0.717, 1.165) is 12.0 Å². The topological polar surface area (TPSA) is 57.6 Å². The largest absolute Gasteiger partial charge is 0.481 e. The molecule has 116 valence electrons. The van der Waals surface area contributed by atoms with E-state index in [2.05, 4.69) is 31.2 Å². The number of hydrogen-bond acceptors (Lipinski definition) is 2. The molecule has 1 amide bonds. The Hall–Kier alpha value is -1.84. The molecule has 4 heteroatoms. The van der Waals surface area contributed by atoms with Gasteiger partial charge in [-0.1, -0.05) is 31.2 Å². The highest BCUT2D eigenvalue weighted by Gasteiger charge is 2.17. The maximum atomic E-state index is 12.2. The highest BCUT2D eigenvalue weighted by Crippen LogP contribution is 2.10. The first-order valence-corrected chi connectivity index (χ1v) is 7.53. The Balaban J connectivity index is 2.54. The Morgan fingerprint density at radius 1 is 1.10 bits per heavy atom. The lowest BCUT2D eigenvalue weighted by Crippen LogP contribution is -2.38. The standard InChI is InChI=1S/C17H25NO3/c1-4-14-5-7-15(8-6-14)9-10-16(19)18(13(2)3)12-11-17(20)21/h5-8,13H,4,9-12H2,1-3H3,(H,20,21). The van der Waals surface area contributed by atoms with Crippen molar-refractivity contribution in [3.8, 4) is 0 Å². The molecule has 0 aliphatic heterocycles. The molecule has 0 unspecified atom stereocenters. The van der Waals surface area contributed by atoms with Gasteiger partial charge in [-0.15, -0.1) is 0 Å². The van der Waals surface area contributed by atoms with E-state index in [0.29, 0.717) is 12.8 Å². The van der Waals surface area contributed by atoms with Crippen molar-refractivity contribution in [2.75, 3.05) is 6.54 Å². The number of carboxylic acids is 1. The summed E-state index contributed by atoms with van der Waals surface area (Å²) in [5.41, 5.74) is 2.43. The predicted molar refractivity (Wildman–Crippen MR) is 83.2 cm³/mol. The second-order valence-corrected chi connectivity index (χ2v) is 5.49. The average Bonchev–Trinajstić information content (AvgIpc) is 2.45. The van der Waals surface area contributed by atoms with Gasteiger partial charge >= 0.3 is 5.97 Å². The van der Waals surface area contributed by atoms with E-state index in [-0.39, 0.29) is 24.9 Å². The second-order valence-electron chi connectivity index (χ2n) is 5.49. The number of rotatable bonds is 8. The number of hydrogen-bond donors (Lipinski definition) is 1. The Bertz CT molecular complexity index is 465. The van der Waals surface area contributed by atoms with E-state index >= 15 is 0 Å². The molecule has 4 nitrogen and oxygen atoms in total. The fourth-order valence-electron chi connectivity index (χ4n) is 2.22. The normalized spacial score (nSPS) is 10.7. The van der Waals surface area contributed by atoms with Crippen molar-refractivity contribution in [2.45, 2.75) is 52.5 Å². The van der Waals surface area contributed by atoms with Gasteiger partial charge in [0, 0.05) is 19.0 Å². The zero-order valence-corrected chi connectivity index (χ0v) is 13.1. The Morgan fingerprint density at radius 2 is 1.67 bits per heavy atom. The van der Waals surface area contributed by atoms with Crippen molar-refractivity contribution in [3.63, 3.8) is 0 Å². The van der Waals surface area contributed by atoms with Crippen molar-refractivity contribution in [2.24, 2.45) is 0 Å². The number of carbonyl (C=O) groups excluding carboxylic acids is 1. The van der Waals surface area contributed by atoms with Crippen LogP contribution in [0.4, 0.5) is 0 Å². The highest BCUT2D eigenvalue weighted by molar-refractivity contribution is 5.77. The van der Waals surface area contributed by atoms with Gasteiger partial charge in [-0.25, -0.2) is 0 Å². The number of carboxylic acid groups (broad SMARTS) is 1. The van der Waals surface area contributed by atoms with Gasteiger partial charge < -0.3 is 10.0 Å². The van der Waals surface area contributed by atoms with Crippen LogP contribution in [0.5, 0.6) is 0 Å². The van der Waals surface area contributed by atoms with Crippen LogP contribution in [0.15, 0.2) is 24.3 Å². The van der Waals surface area contributed by atoms with Crippen LogP contribution in [0.1, 0.15) is 44.7 Å². The minimum absolute atomic E-state index is 0.00484. The lowest BCUT2D eigenvalue weighted by atomic mass is 10.1. The molecule has 0 heterocycles. The fraction of sp³-hybridized carbons (Fsp3) is 0.529. The van der Waals surface area contributed by atoms with Crippen LogP contribution in [0.2, 0.25) is 0 Å². The molecular formula is C17H25NO3. The van der Waals surface area contributed by atoms with Crippen molar-refractivity contribution < 1.29 is 14.7 Å². The minimum atomic E-state index is -0.872. The summed E-state index contributed by atoms with van der Waals surface area (Å²) in [5.74, 6) is -0.852. The van der Waals surface area contributed by atoms with Gasteiger partial charge in [0.2, 0.25) is 5.91 Å². The summed E-state index contributed by atoms with van der Waals surface area (Å²) in [7, 11) is 0. The molecule has 21 heavy (non-hydrogen) atoms. The molecule has 0 spiro atoms. The van der Waals surface area contributed by atoms with Crippen molar-refractivity contribution in [1.82, 2.24) is 4.90 Å². The second kappa shape index (κ2) is 8.45. The van der Waals surface area contributed by atoms with Gasteiger partial charge in [-0.3, -0.25) is 9.59 Å². The minimum Gasteiger partial charge on any atom is -0.481 e. The molecule has 0 aliphatic rings. The highest BCUT2D eigenvalue weighted by atomic mass is 16.4. The monoisotopic (exact) mass is 291 g/mol. The molecule has 0 atom stereocenters. The van der Waals surface area contributed by atoms with Gasteiger partial charge in [0.25, 0.3) is 0 Å². The first-order chi connectivity index (χ1) is 9.93. The Labute approximate surface area is 126 Å². The molecule has 0 radical (unpaired) electrons. The average molecular weight is 291 g/mol. The molecule has 0 saturated carbocycles. The van der Waals surface area contributed by atoms with Crippen LogP contribution in [-0.2, 0) is 22.4 Å². The summed E-state index contributed by atoms with van der Waals surface area (Å²) in [4.78, 5) is 24.5. The molecule has 0 saturated heterocycles. The lowest BCUT2D eigenvalue weighted by molar-refractivity contribution is -0.139. The summed E-state index contributed by atoms with van der Waals surface area (Å²) >= 11 is 0. The number of aryl methyl sites for hydroxylation is 2. The van der Waals surface area contributed by atoms with Crippen molar-refractivity contribution >= 4 is 11.9 Å². The van der Waals surface area contributed by atoms with E-state index in [1.54, 1.807) is 4.90 Å². The van der Waals surface area contributed by atoms with Crippen LogP contribution in [0, 0.1) is 0 Å². The van der Waals surface area contributed by atoms with Crippen LogP contribution < -0.4 is 0 Å². The van der Waals surface area contributed by atoms with E-state index in [1.165, 1.54) is 5.56 Å². The number of carbonyl (C=O) groups is 2. The Morgan fingerprint density at radius 3 is 2.14 bits per heavy atom.